The number of rotatable bonds is 6. The van der Waals surface area contributed by atoms with Crippen LogP contribution in [0.2, 0.25) is 0 Å². The molecular weight excluding hydrogens is 224 g/mol. The van der Waals surface area contributed by atoms with Crippen LogP contribution in [0, 0.1) is 0 Å². The van der Waals surface area contributed by atoms with Gasteiger partial charge in [-0.25, -0.2) is 0 Å². The van der Waals surface area contributed by atoms with Crippen molar-refractivity contribution in [1.29, 1.82) is 0 Å². The SMILES string of the molecule is CCN(CC)CCCn1nc(N)c2ccccc21. The number of hydrogen-bond donors (Lipinski definition) is 1. The Balaban J connectivity index is 2.04. The first-order chi connectivity index (χ1) is 8.76. The van der Waals surface area contributed by atoms with Gasteiger partial charge in [0.25, 0.3) is 0 Å². The molecule has 1 aromatic carbocycles. The van der Waals surface area contributed by atoms with Crippen molar-refractivity contribution in [3.8, 4) is 0 Å². The van der Waals surface area contributed by atoms with Crippen LogP contribution < -0.4 is 5.73 Å². The van der Waals surface area contributed by atoms with Crippen LogP contribution in [0.15, 0.2) is 24.3 Å². The number of para-hydroxylation sites is 1. The maximum Gasteiger partial charge on any atom is 0.153 e. The lowest BCUT2D eigenvalue weighted by atomic mass is 10.2. The van der Waals surface area contributed by atoms with Crippen LogP contribution in [-0.2, 0) is 6.54 Å². The van der Waals surface area contributed by atoms with Crippen molar-refractivity contribution in [2.45, 2.75) is 26.8 Å². The Labute approximate surface area is 108 Å². The molecule has 0 unspecified atom stereocenters. The summed E-state index contributed by atoms with van der Waals surface area (Å²) in [5, 5.41) is 5.47. The normalized spacial score (nSPS) is 11.5. The minimum absolute atomic E-state index is 0.633. The van der Waals surface area contributed by atoms with Gasteiger partial charge >= 0.3 is 0 Å². The fourth-order valence-corrected chi connectivity index (χ4v) is 2.31. The van der Waals surface area contributed by atoms with Crippen molar-refractivity contribution in [3.63, 3.8) is 0 Å². The number of benzene rings is 1. The van der Waals surface area contributed by atoms with Crippen LogP contribution in [0.1, 0.15) is 20.3 Å². The van der Waals surface area contributed by atoms with E-state index >= 15 is 0 Å². The number of fused-ring (bicyclic) bond motifs is 1. The maximum absolute atomic E-state index is 5.92. The predicted octanol–water partition coefficient (Wildman–Crippen LogP) is 2.35. The topological polar surface area (TPSA) is 47.1 Å². The van der Waals surface area contributed by atoms with Crippen LogP contribution in [0.4, 0.5) is 5.82 Å². The van der Waals surface area contributed by atoms with Gasteiger partial charge in [-0.2, -0.15) is 5.10 Å². The molecule has 4 heteroatoms. The van der Waals surface area contributed by atoms with Gasteiger partial charge in [0.15, 0.2) is 5.82 Å². The molecule has 1 aromatic heterocycles. The third-order valence-corrected chi connectivity index (χ3v) is 3.43. The second-order valence-corrected chi connectivity index (χ2v) is 4.51. The first-order valence-corrected chi connectivity index (χ1v) is 6.69. The minimum atomic E-state index is 0.633. The third-order valence-electron chi connectivity index (χ3n) is 3.43. The van der Waals surface area contributed by atoms with Gasteiger partial charge in [0.2, 0.25) is 0 Å². The summed E-state index contributed by atoms with van der Waals surface area (Å²) in [5.41, 5.74) is 7.05. The first kappa shape index (κ1) is 12.9. The lowest BCUT2D eigenvalue weighted by Gasteiger charge is -2.17. The van der Waals surface area contributed by atoms with Crippen LogP contribution >= 0.6 is 0 Å². The second-order valence-electron chi connectivity index (χ2n) is 4.51. The van der Waals surface area contributed by atoms with E-state index in [9.17, 15) is 0 Å². The quantitative estimate of drug-likeness (QED) is 0.851. The molecule has 0 bridgehead atoms. The molecule has 0 atom stereocenters. The van der Waals surface area contributed by atoms with E-state index in [1.54, 1.807) is 0 Å². The van der Waals surface area contributed by atoms with Crippen molar-refractivity contribution in [2.75, 3.05) is 25.4 Å². The van der Waals surface area contributed by atoms with Gasteiger partial charge in [-0.1, -0.05) is 26.0 Å². The molecule has 2 rings (SSSR count). The van der Waals surface area contributed by atoms with Gasteiger partial charge in [-0.15, -0.1) is 0 Å². The highest BCUT2D eigenvalue weighted by Gasteiger charge is 2.07. The van der Waals surface area contributed by atoms with E-state index in [0.717, 1.165) is 43.5 Å². The van der Waals surface area contributed by atoms with Crippen LogP contribution in [0.5, 0.6) is 0 Å². The van der Waals surface area contributed by atoms with E-state index in [1.165, 1.54) is 0 Å². The summed E-state index contributed by atoms with van der Waals surface area (Å²) >= 11 is 0. The number of nitrogens with zero attached hydrogens (tertiary/aromatic N) is 3. The van der Waals surface area contributed by atoms with Gasteiger partial charge in [-0.3, -0.25) is 4.68 Å². The fraction of sp³-hybridized carbons (Fsp3) is 0.500. The van der Waals surface area contributed by atoms with Gasteiger partial charge in [0, 0.05) is 11.9 Å². The molecule has 0 saturated heterocycles. The highest BCUT2D eigenvalue weighted by molar-refractivity contribution is 5.88. The van der Waals surface area contributed by atoms with Crippen molar-refractivity contribution in [2.24, 2.45) is 0 Å². The maximum atomic E-state index is 5.92. The van der Waals surface area contributed by atoms with Crippen molar-refractivity contribution >= 4 is 16.7 Å². The Morgan fingerprint density at radius 1 is 1.22 bits per heavy atom. The lowest BCUT2D eigenvalue weighted by molar-refractivity contribution is 0.292. The molecule has 98 valence electrons. The van der Waals surface area contributed by atoms with Crippen LogP contribution in [0.25, 0.3) is 10.9 Å². The summed E-state index contributed by atoms with van der Waals surface area (Å²) in [6.07, 6.45) is 1.10. The number of nitrogen functional groups attached to an aromatic ring is 1. The Hall–Kier alpha value is -1.55. The van der Waals surface area contributed by atoms with Crippen LogP contribution in [0.3, 0.4) is 0 Å². The Bertz CT molecular complexity index is 499. The summed E-state index contributed by atoms with van der Waals surface area (Å²) in [4.78, 5) is 2.43. The van der Waals surface area contributed by atoms with E-state index in [2.05, 4.69) is 29.9 Å². The zero-order chi connectivity index (χ0) is 13.0. The second kappa shape index (κ2) is 5.87. The van der Waals surface area contributed by atoms with E-state index in [1.807, 2.05) is 22.9 Å². The minimum Gasteiger partial charge on any atom is -0.382 e. The summed E-state index contributed by atoms with van der Waals surface area (Å²) < 4.78 is 2.02. The predicted molar refractivity (Wildman–Crippen MR) is 76.6 cm³/mol. The molecule has 0 fully saturated rings. The molecule has 0 aliphatic heterocycles. The molecule has 2 aromatic rings. The molecule has 0 radical (unpaired) electrons. The van der Waals surface area contributed by atoms with Crippen LogP contribution in [-0.4, -0.2) is 34.3 Å². The zero-order valence-corrected chi connectivity index (χ0v) is 11.3. The number of aromatic nitrogens is 2. The Morgan fingerprint density at radius 2 is 1.94 bits per heavy atom. The standard InChI is InChI=1S/C14H22N4/c1-3-17(4-2)10-7-11-18-13-9-6-5-8-12(13)14(15)16-18/h5-6,8-9H,3-4,7,10-11H2,1-2H3,(H2,15,16). The fourth-order valence-electron chi connectivity index (χ4n) is 2.31. The molecule has 2 N–H and O–H groups in total. The van der Waals surface area contributed by atoms with Gasteiger partial charge < -0.3 is 10.6 Å². The molecule has 1 heterocycles. The largest absolute Gasteiger partial charge is 0.382 e. The molecule has 0 saturated carbocycles. The summed E-state index contributed by atoms with van der Waals surface area (Å²) in [6, 6.07) is 8.14. The first-order valence-electron chi connectivity index (χ1n) is 6.69. The molecular formula is C14H22N4. The zero-order valence-electron chi connectivity index (χ0n) is 11.3. The van der Waals surface area contributed by atoms with Gasteiger partial charge in [0.05, 0.1) is 5.52 Å². The monoisotopic (exact) mass is 246 g/mol. The molecule has 18 heavy (non-hydrogen) atoms. The van der Waals surface area contributed by atoms with E-state index in [0.29, 0.717) is 5.82 Å². The van der Waals surface area contributed by atoms with Crippen molar-refractivity contribution in [1.82, 2.24) is 14.7 Å². The number of aryl methyl sites for hydroxylation is 1. The molecule has 0 amide bonds. The summed E-state index contributed by atoms with van der Waals surface area (Å²) in [6.45, 7) is 8.65. The molecule has 4 nitrogen and oxygen atoms in total. The van der Waals surface area contributed by atoms with E-state index < -0.39 is 0 Å². The molecule has 0 spiro atoms. The van der Waals surface area contributed by atoms with Crippen molar-refractivity contribution in [3.05, 3.63) is 24.3 Å². The lowest BCUT2D eigenvalue weighted by Crippen LogP contribution is -2.25. The third kappa shape index (κ3) is 2.64. The number of hydrogen-bond acceptors (Lipinski definition) is 3. The highest BCUT2D eigenvalue weighted by Crippen LogP contribution is 2.19. The van der Waals surface area contributed by atoms with Gasteiger partial charge in [0.1, 0.15) is 0 Å². The molecule has 0 aliphatic carbocycles. The number of anilines is 1. The molecule has 0 aliphatic rings. The Kier molecular flexibility index (Phi) is 4.20. The summed E-state index contributed by atoms with van der Waals surface area (Å²) in [5.74, 6) is 0.633. The van der Waals surface area contributed by atoms with Gasteiger partial charge in [-0.05, 0) is 38.2 Å². The highest BCUT2D eigenvalue weighted by atomic mass is 15.3. The smallest absolute Gasteiger partial charge is 0.153 e. The average Bonchev–Trinajstić information content (AvgIpc) is 2.72. The van der Waals surface area contributed by atoms with E-state index in [4.69, 9.17) is 5.73 Å². The average molecular weight is 246 g/mol. The number of nitrogens with two attached hydrogens (primary N) is 1. The summed E-state index contributed by atoms with van der Waals surface area (Å²) in [7, 11) is 0. The van der Waals surface area contributed by atoms with E-state index in [-0.39, 0.29) is 0 Å². The Morgan fingerprint density at radius 3 is 2.67 bits per heavy atom. The van der Waals surface area contributed by atoms with Crippen molar-refractivity contribution < 1.29 is 0 Å².